The Bertz CT molecular complexity index is 704. The van der Waals surface area contributed by atoms with Crippen molar-refractivity contribution in [2.75, 3.05) is 13.1 Å². The van der Waals surface area contributed by atoms with Crippen LogP contribution in [0, 0.1) is 10.1 Å². The fourth-order valence-electron chi connectivity index (χ4n) is 2.27. The molecular weight excluding hydrogens is 316 g/mol. The van der Waals surface area contributed by atoms with Gasteiger partial charge in [-0.1, -0.05) is 41.9 Å². The van der Waals surface area contributed by atoms with Gasteiger partial charge in [0.25, 0.3) is 11.6 Å². The quantitative estimate of drug-likeness (QED) is 0.594. The third-order valence-electron chi connectivity index (χ3n) is 3.58. The van der Waals surface area contributed by atoms with E-state index in [0.29, 0.717) is 13.1 Å². The topological polar surface area (TPSA) is 63.5 Å². The van der Waals surface area contributed by atoms with Crippen LogP contribution in [0.25, 0.3) is 0 Å². The molecule has 23 heavy (non-hydrogen) atoms. The van der Waals surface area contributed by atoms with Crippen molar-refractivity contribution in [3.05, 3.63) is 74.8 Å². The van der Waals surface area contributed by atoms with Crippen molar-refractivity contribution in [3.8, 4) is 0 Å². The third-order valence-corrected chi connectivity index (χ3v) is 3.89. The average molecular weight is 333 g/mol. The van der Waals surface area contributed by atoms with Crippen molar-refractivity contribution in [1.29, 1.82) is 0 Å². The Morgan fingerprint density at radius 3 is 2.48 bits per heavy atom. The monoisotopic (exact) mass is 332 g/mol. The van der Waals surface area contributed by atoms with Crippen molar-refractivity contribution < 1.29 is 9.72 Å². The van der Waals surface area contributed by atoms with Crippen LogP contribution < -0.4 is 0 Å². The van der Waals surface area contributed by atoms with Crippen LogP contribution in [-0.4, -0.2) is 28.8 Å². The van der Waals surface area contributed by atoms with E-state index in [1.54, 1.807) is 4.90 Å². The highest BCUT2D eigenvalue weighted by atomic mass is 35.5. The molecule has 0 saturated heterocycles. The molecule has 2 aromatic carbocycles. The number of nitro groups is 1. The zero-order chi connectivity index (χ0) is 16.8. The Morgan fingerprint density at radius 1 is 1.22 bits per heavy atom. The first-order valence-corrected chi connectivity index (χ1v) is 7.68. The Kier molecular flexibility index (Phi) is 5.71. The summed E-state index contributed by atoms with van der Waals surface area (Å²) in [6.07, 6.45) is 0.741. The van der Waals surface area contributed by atoms with Crippen molar-refractivity contribution in [3.63, 3.8) is 0 Å². The molecule has 5 nitrogen and oxygen atoms in total. The lowest BCUT2D eigenvalue weighted by Crippen LogP contribution is -2.33. The standard InChI is InChI=1S/C17H17ClN2O3/c1-2-19(11-10-13-6-4-3-5-7-13)17(21)15-9-8-14(20(22)23)12-16(15)18/h3-9,12H,2,10-11H2,1H3. The third kappa shape index (κ3) is 4.29. The molecule has 0 aliphatic heterocycles. The Balaban J connectivity index is 2.12. The van der Waals surface area contributed by atoms with Crippen LogP contribution >= 0.6 is 11.6 Å². The van der Waals surface area contributed by atoms with E-state index < -0.39 is 4.92 Å². The van der Waals surface area contributed by atoms with Crippen LogP contribution in [0.2, 0.25) is 5.02 Å². The van der Waals surface area contributed by atoms with Gasteiger partial charge in [-0.3, -0.25) is 14.9 Å². The van der Waals surface area contributed by atoms with Gasteiger partial charge in [0.15, 0.2) is 0 Å². The summed E-state index contributed by atoms with van der Waals surface area (Å²) in [4.78, 5) is 24.5. The van der Waals surface area contributed by atoms with Crippen molar-refractivity contribution in [1.82, 2.24) is 4.90 Å². The lowest BCUT2D eigenvalue weighted by Gasteiger charge is -2.21. The molecule has 0 N–H and O–H groups in total. The van der Waals surface area contributed by atoms with E-state index in [-0.39, 0.29) is 22.2 Å². The summed E-state index contributed by atoms with van der Waals surface area (Å²) in [5, 5.41) is 10.8. The van der Waals surface area contributed by atoms with E-state index in [4.69, 9.17) is 11.6 Å². The number of likely N-dealkylation sites (N-methyl/N-ethyl adjacent to an activating group) is 1. The van der Waals surface area contributed by atoms with Crippen LogP contribution in [0.15, 0.2) is 48.5 Å². The number of benzene rings is 2. The molecule has 0 heterocycles. The van der Waals surface area contributed by atoms with E-state index in [0.717, 1.165) is 12.0 Å². The number of hydrogen-bond acceptors (Lipinski definition) is 3. The molecule has 0 aliphatic carbocycles. The van der Waals surface area contributed by atoms with Crippen molar-refractivity contribution in [2.45, 2.75) is 13.3 Å². The highest BCUT2D eigenvalue weighted by molar-refractivity contribution is 6.34. The summed E-state index contributed by atoms with van der Waals surface area (Å²) in [6, 6.07) is 13.8. The van der Waals surface area contributed by atoms with E-state index >= 15 is 0 Å². The largest absolute Gasteiger partial charge is 0.339 e. The molecule has 0 spiro atoms. The fraction of sp³-hybridized carbons (Fsp3) is 0.235. The minimum absolute atomic E-state index is 0.0994. The molecule has 0 fully saturated rings. The predicted molar refractivity (Wildman–Crippen MR) is 89.8 cm³/mol. The molecule has 0 radical (unpaired) electrons. The fourth-order valence-corrected chi connectivity index (χ4v) is 2.53. The van der Waals surface area contributed by atoms with Gasteiger partial charge in [0.1, 0.15) is 0 Å². The molecular formula is C17H17ClN2O3. The average Bonchev–Trinajstić information content (AvgIpc) is 2.56. The summed E-state index contributed by atoms with van der Waals surface area (Å²) in [5.74, 6) is -0.219. The van der Waals surface area contributed by atoms with Crippen LogP contribution in [-0.2, 0) is 6.42 Å². The zero-order valence-corrected chi connectivity index (χ0v) is 13.5. The van der Waals surface area contributed by atoms with Crippen LogP contribution in [0.5, 0.6) is 0 Å². The molecule has 0 aliphatic rings. The molecule has 120 valence electrons. The molecule has 1 amide bonds. The normalized spacial score (nSPS) is 10.3. The van der Waals surface area contributed by atoms with E-state index in [2.05, 4.69) is 0 Å². The summed E-state index contributed by atoms with van der Waals surface area (Å²) < 4.78 is 0. The van der Waals surface area contributed by atoms with Crippen LogP contribution in [0.4, 0.5) is 5.69 Å². The molecule has 2 aromatic rings. The maximum Gasteiger partial charge on any atom is 0.270 e. The highest BCUT2D eigenvalue weighted by Gasteiger charge is 2.19. The van der Waals surface area contributed by atoms with E-state index in [1.807, 2.05) is 37.3 Å². The second kappa shape index (κ2) is 7.74. The smallest absolute Gasteiger partial charge is 0.270 e. The Labute approximate surface area is 139 Å². The van der Waals surface area contributed by atoms with Gasteiger partial charge in [0, 0.05) is 25.2 Å². The van der Waals surface area contributed by atoms with Crippen molar-refractivity contribution >= 4 is 23.2 Å². The second-order valence-corrected chi connectivity index (χ2v) is 5.45. The number of amides is 1. The minimum Gasteiger partial charge on any atom is -0.339 e. The number of hydrogen-bond donors (Lipinski definition) is 0. The Morgan fingerprint density at radius 2 is 1.91 bits per heavy atom. The maximum absolute atomic E-state index is 12.6. The van der Waals surface area contributed by atoms with Crippen LogP contribution in [0.3, 0.4) is 0 Å². The van der Waals surface area contributed by atoms with Gasteiger partial charge in [-0.2, -0.15) is 0 Å². The van der Waals surface area contributed by atoms with Gasteiger partial charge < -0.3 is 4.90 Å². The van der Waals surface area contributed by atoms with E-state index in [9.17, 15) is 14.9 Å². The van der Waals surface area contributed by atoms with Gasteiger partial charge in [0.2, 0.25) is 0 Å². The molecule has 0 aromatic heterocycles. The van der Waals surface area contributed by atoms with Gasteiger partial charge >= 0.3 is 0 Å². The number of rotatable bonds is 6. The number of nitrogens with zero attached hydrogens (tertiary/aromatic N) is 2. The molecule has 0 atom stereocenters. The maximum atomic E-state index is 12.6. The number of nitro benzene ring substituents is 1. The molecule has 0 bridgehead atoms. The summed E-state index contributed by atoms with van der Waals surface area (Å²) in [6.45, 7) is 2.99. The first kappa shape index (κ1) is 17.0. The van der Waals surface area contributed by atoms with Gasteiger partial charge in [-0.05, 0) is 25.0 Å². The predicted octanol–water partition coefficient (Wildman–Crippen LogP) is 3.95. The second-order valence-electron chi connectivity index (χ2n) is 5.04. The highest BCUT2D eigenvalue weighted by Crippen LogP contribution is 2.23. The van der Waals surface area contributed by atoms with Crippen molar-refractivity contribution in [2.24, 2.45) is 0 Å². The lowest BCUT2D eigenvalue weighted by molar-refractivity contribution is -0.384. The first-order chi connectivity index (χ1) is 11.0. The molecule has 0 saturated carbocycles. The van der Waals surface area contributed by atoms with Gasteiger partial charge in [-0.25, -0.2) is 0 Å². The summed E-state index contributed by atoms with van der Waals surface area (Å²) >= 11 is 6.03. The number of non-ortho nitro benzene ring substituents is 1. The van der Waals surface area contributed by atoms with Gasteiger partial charge in [0.05, 0.1) is 15.5 Å². The number of carbonyl (C=O) groups excluding carboxylic acids is 1. The first-order valence-electron chi connectivity index (χ1n) is 7.30. The Hall–Kier alpha value is -2.40. The lowest BCUT2D eigenvalue weighted by atomic mass is 10.1. The number of halogens is 1. The summed E-state index contributed by atoms with van der Waals surface area (Å²) in [7, 11) is 0. The molecule has 2 rings (SSSR count). The minimum atomic E-state index is -0.535. The molecule has 0 unspecified atom stereocenters. The zero-order valence-electron chi connectivity index (χ0n) is 12.7. The summed E-state index contributed by atoms with van der Waals surface area (Å²) in [5.41, 5.74) is 1.31. The molecule has 6 heteroatoms. The van der Waals surface area contributed by atoms with E-state index in [1.165, 1.54) is 18.2 Å². The number of carbonyl (C=O) groups is 1. The SMILES string of the molecule is CCN(CCc1ccccc1)C(=O)c1ccc([N+](=O)[O-])cc1Cl. The van der Waals surface area contributed by atoms with Crippen LogP contribution in [0.1, 0.15) is 22.8 Å². The van der Waals surface area contributed by atoms with Gasteiger partial charge in [-0.15, -0.1) is 0 Å².